The van der Waals surface area contributed by atoms with Crippen LogP contribution in [0, 0.1) is 5.82 Å². The van der Waals surface area contributed by atoms with Crippen LogP contribution >= 0.6 is 11.6 Å². The molecule has 5 heteroatoms. The third-order valence-corrected chi connectivity index (χ3v) is 5.09. The molecule has 0 aliphatic carbocycles. The summed E-state index contributed by atoms with van der Waals surface area (Å²) in [5.74, 6) is 0.473. The Morgan fingerprint density at radius 1 is 1.08 bits per heavy atom. The average Bonchev–Trinajstić information content (AvgIpc) is 2.63. The Balaban J connectivity index is 1.60. The summed E-state index contributed by atoms with van der Waals surface area (Å²) < 4.78 is 19.3. The Bertz CT molecular complexity index is 963. The van der Waals surface area contributed by atoms with Crippen molar-refractivity contribution in [2.45, 2.75) is 18.8 Å². The molecule has 4 rings (SSSR count). The Hall–Kier alpha value is -2.33. The van der Waals surface area contributed by atoms with E-state index in [-0.39, 0.29) is 21.4 Å². The molecule has 0 spiro atoms. The second-order valence-electron chi connectivity index (χ2n) is 6.39. The van der Waals surface area contributed by atoms with Crippen molar-refractivity contribution < 1.29 is 8.81 Å². The van der Waals surface area contributed by atoms with Gasteiger partial charge in [0, 0.05) is 19.2 Å². The van der Waals surface area contributed by atoms with Crippen molar-refractivity contribution in [1.29, 1.82) is 0 Å². The predicted octanol–water partition coefficient (Wildman–Crippen LogP) is 4.97. The molecular weight excluding hydrogens is 341 g/mol. The van der Waals surface area contributed by atoms with Crippen molar-refractivity contribution in [3.05, 3.63) is 75.2 Å². The average molecular weight is 358 g/mol. The third kappa shape index (κ3) is 3.14. The Morgan fingerprint density at radius 3 is 2.52 bits per heavy atom. The highest BCUT2D eigenvalue weighted by Crippen LogP contribution is 2.32. The van der Waals surface area contributed by atoms with Gasteiger partial charge in [-0.2, -0.15) is 0 Å². The molecule has 1 aliphatic rings. The van der Waals surface area contributed by atoms with Crippen molar-refractivity contribution in [3.8, 4) is 0 Å². The number of fused-ring (bicyclic) bond motifs is 1. The van der Waals surface area contributed by atoms with E-state index >= 15 is 0 Å². The number of halogens is 2. The van der Waals surface area contributed by atoms with Gasteiger partial charge in [-0.05, 0) is 36.5 Å². The number of benzene rings is 2. The molecule has 25 heavy (non-hydrogen) atoms. The van der Waals surface area contributed by atoms with E-state index in [4.69, 9.17) is 16.0 Å². The molecule has 0 radical (unpaired) electrons. The molecule has 1 aromatic heterocycles. The highest BCUT2D eigenvalue weighted by atomic mass is 35.5. The van der Waals surface area contributed by atoms with Gasteiger partial charge in [0.25, 0.3) is 0 Å². The van der Waals surface area contributed by atoms with Crippen LogP contribution < -0.4 is 10.3 Å². The first-order valence-electron chi connectivity index (χ1n) is 8.34. The highest BCUT2D eigenvalue weighted by molar-refractivity contribution is 6.34. The van der Waals surface area contributed by atoms with Gasteiger partial charge in [-0.3, -0.25) is 4.79 Å². The minimum Gasteiger partial charge on any atom is -0.439 e. The first-order chi connectivity index (χ1) is 12.1. The molecule has 0 atom stereocenters. The van der Waals surface area contributed by atoms with Crippen LogP contribution in [-0.2, 0) is 0 Å². The summed E-state index contributed by atoms with van der Waals surface area (Å²) in [6.45, 7) is 1.60. The van der Waals surface area contributed by atoms with E-state index < -0.39 is 5.82 Å². The number of rotatable bonds is 2. The minimum atomic E-state index is -0.541. The molecule has 1 aliphatic heterocycles. The molecular formula is C20H17ClFNO2. The zero-order valence-corrected chi connectivity index (χ0v) is 14.3. The molecule has 2 aromatic carbocycles. The standard InChI is InChI=1S/C20H17ClFNO2/c21-17-11-15(22)10-16-18(24)12-19(25-20(16)17)23-8-6-14(7-9-23)13-4-2-1-3-5-13/h1-5,10-12,14H,6-9H2. The second-order valence-corrected chi connectivity index (χ2v) is 6.79. The van der Waals surface area contributed by atoms with Gasteiger partial charge in [0.2, 0.25) is 0 Å². The van der Waals surface area contributed by atoms with Gasteiger partial charge >= 0.3 is 0 Å². The van der Waals surface area contributed by atoms with Crippen LogP contribution in [0.4, 0.5) is 10.3 Å². The zero-order chi connectivity index (χ0) is 17.4. The largest absolute Gasteiger partial charge is 0.439 e. The fourth-order valence-electron chi connectivity index (χ4n) is 3.49. The van der Waals surface area contributed by atoms with Gasteiger partial charge in [0.05, 0.1) is 10.4 Å². The summed E-state index contributed by atoms with van der Waals surface area (Å²) in [5.41, 5.74) is 1.32. The second kappa shape index (κ2) is 6.52. The summed E-state index contributed by atoms with van der Waals surface area (Å²) in [6.07, 6.45) is 1.98. The quantitative estimate of drug-likeness (QED) is 0.649. The maximum atomic E-state index is 13.5. The smallest absolute Gasteiger partial charge is 0.200 e. The summed E-state index contributed by atoms with van der Waals surface area (Å²) >= 11 is 6.06. The number of hydrogen-bond acceptors (Lipinski definition) is 3. The van der Waals surface area contributed by atoms with Crippen molar-refractivity contribution in [1.82, 2.24) is 0 Å². The number of piperidine rings is 1. The summed E-state index contributed by atoms with van der Waals surface area (Å²) in [5, 5.41) is 0.293. The molecule has 0 amide bonds. The van der Waals surface area contributed by atoms with Gasteiger partial charge in [0.1, 0.15) is 5.82 Å². The lowest BCUT2D eigenvalue weighted by Crippen LogP contribution is -2.33. The van der Waals surface area contributed by atoms with E-state index in [0.29, 0.717) is 11.8 Å². The lowest BCUT2D eigenvalue weighted by atomic mass is 9.89. The molecule has 0 bridgehead atoms. The summed E-state index contributed by atoms with van der Waals surface area (Å²) in [7, 11) is 0. The Morgan fingerprint density at radius 2 is 1.80 bits per heavy atom. The van der Waals surface area contributed by atoms with Crippen molar-refractivity contribution >= 4 is 28.5 Å². The van der Waals surface area contributed by atoms with Crippen LogP contribution in [0.1, 0.15) is 24.3 Å². The lowest BCUT2D eigenvalue weighted by Gasteiger charge is -2.32. The van der Waals surface area contributed by atoms with Crippen LogP contribution in [0.15, 0.2) is 57.7 Å². The summed E-state index contributed by atoms with van der Waals surface area (Å²) in [4.78, 5) is 14.4. The van der Waals surface area contributed by atoms with E-state index in [9.17, 15) is 9.18 Å². The van der Waals surface area contributed by atoms with Crippen LogP contribution in [0.2, 0.25) is 5.02 Å². The fourth-order valence-corrected chi connectivity index (χ4v) is 3.73. The van der Waals surface area contributed by atoms with E-state index in [1.54, 1.807) is 0 Å². The van der Waals surface area contributed by atoms with E-state index in [1.165, 1.54) is 17.7 Å². The number of nitrogens with zero attached hydrogens (tertiary/aromatic N) is 1. The third-order valence-electron chi connectivity index (χ3n) is 4.81. The molecule has 1 fully saturated rings. The molecule has 1 saturated heterocycles. The molecule has 0 saturated carbocycles. The van der Waals surface area contributed by atoms with Crippen LogP contribution in [0.3, 0.4) is 0 Å². The maximum absolute atomic E-state index is 13.5. The Labute approximate surface area is 149 Å². The van der Waals surface area contributed by atoms with Gasteiger partial charge in [-0.1, -0.05) is 41.9 Å². The first-order valence-corrected chi connectivity index (χ1v) is 8.72. The van der Waals surface area contributed by atoms with Crippen LogP contribution in [-0.4, -0.2) is 13.1 Å². The molecule has 0 N–H and O–H groups in total. The predicted molar refractivity (Wildman–Crippen MR) is 98.1 cm³/mol. The molecule has 128 valence electrons. The normalized spacial score (nSPS) is 15.7. The van der Waals surface area contributed by atoms with Crippen molar-refractivity contribution in [3.63, 3.8) is 0 Å². The fraction of sp³-hybridized carbons (Fsp3) is 0.250. The first kappa shape index (κ1) is 16.2. The highest BCUT2D eigenvalue weighted by Gasteiger charge is 2.23. The number of hydrogen-bond donors (Lipinski definition) is 0. The van der Waals surface area contributed by atoms with Crippen LogP contribution in [0.5, 0.6) is 0 Å². The minimum absolute atomic E-state index is 0.119. The van der Waals surface area contributed by atoms with Crippen molar-refractivity contribution in [2.24, 2.45) is 0 Å². The van der Waals surface area contributed by atoms with Crippen molar-refractivity contribution in [2.75, 3.05) is 18.0 Å². The Kier molecular flexibility index (Phi) is 4.22. The zero-order valence-electron chi connectivity index (χ0n) is 13.5. The topological polar surface area (TPSA) is 33.5 Å². The molecule has 3 aromatic rings. The van der Waals surface area contributed by atoms with Gasteiger partial charge in [-0.15, -0.1) is 0 Å². The molecule has 0 unspecified atom stereocenters. The van der Waals surface area contributed by atoms with E-state index in [1.807, 2.05) is 6.07 Å². The SMILES string of the molecule is O=c1cc(N2CCC(c3ccccc3)CC2)oc2c(Cl)cc(F)cc12. The number of anilines is 1. The lowest BCUT2D eigenvalue weighted by molar-refractivity contribution is 0.471. The summed E-state index contributed by atoms with van der Waals surface area (Å²) in [6, 6.07) is 14.2. The van der Waals surface area contributed by atoms with Gasteiger partial charge in [-0.25, -0.2) is 4.39 Å². The maximum Gasteiger partial charge on any atom is 0.200 e. The monoisotopic (exact) mass is 357 g/mol. The van der Waals surface area contributed by atoms with E-state index in [0.717, 1.165) is 32.0 Å². The molecule has 2 heterocycles. The van der Waals surface area contributed by atoms with Crippen LogP contribution in [0.25, 0.3) is 11.0 Å². The van der Waals surface area contributed by atoms with Gasteiger partial charge < -0.3 is 9.32 Å². The molecule has 3 nitrogen and oxygen atoms in total. The van der Waals surface area contributed by atoms with Gasteiger partial charge in [0.15, 0.2) is 16.9 Å². The van der Waals surface area contributed by atoms with E-state index in [2.05, 4.69) is 29.2 Å².